The monoisotopic (exact) mass is 937 g/mol. The van der Waals surface area contributed by atoms with Gasteiger partial charge in [0.15, 0.2) is 6.10 Å². The third-order valence-corrected chi connectivity index (χ3v) is 12.5. The van der Waals surface area contributed by atoms with Gasteiger partial charge in [0.25, 0.3) is 0 Å². The van der Waals surface area contributed by atoms with Gasteiger partial charge < -0.3 is 14.2 Å². The van der Waals surface area contributed by atoms with Crippen LogP contribution >= 0.6 is 0 Å². The van der Waals surface area contributed by atoms with Crippen LogP contribution in [0.5, 0.6) is 0 Å². The standard InChI is InChI=1S/C61H108O6/c1-4-7-10-13-16-19-22-24-26-28-29-30-31-32-34-35-37-39-42-45-48-51-54-60(63)66-57-58(56-65-59(62)53-50-47-44-41-21-18-15-12-9-6-3)67-61(64)55-52-49-46-43-40-38-36-33-27-25-23-20-17-14-11-8-5-2/h8,11,17,20,25,27,36,38,43,46,58H,4-7,9-10,12-16,18-19,21-24,26,28-35,37,39-42,44-45,47-57H2,1-3H3/b11-8-,20-17-,27-25-,38-36-,46-43-. The minimum absolute atomic E-state index is 0.0931. The highest BCUT2D eigenvalue weighted by atomic mass is 16.6. The van der Waals surface area contributed by atoms with Gasteiger partial charge in [-0.25, -0.2) is 0 Å². The Bertz CT molecular complexity index is 1210. The predicted octanol–water partition coefficient (Wildman–Crippen LogP) is 19.2. The summed E-state index contributed by atoms with van der Waals surface area (Å²) in [6.07, 6.45) is 69.5. The van der Waals surface area contributed by atoms with Crippen molar-refractivity contribution in [3.63, 3.8) is 0 Å². The maximum absolute atomic E-state index is 12.8. The first-order valence-electron chi connectivity index (χ1n) is 28.8. The number of allylic oxidation sites excluding steroid dienone is 10. The van der Waals surface area contributed by atoms with Crippen molar-refractivity contribution in [2.75, 3.05) is 13.2 Å². The molecule has 0 aromatic rings. The van der Waals surface area contributed by atoms with E-state index in [1.807, 2.05) is 0 Å². The summed E-state index contributed by atoms with van der Waals surface area (Å²) >= 11 is 0. The molecule has 0 aromatic carbocycles. The molecule has 0 fully saturated rings. The van der Waals surface area contributed by atoms with E-state index in [0.717, 1.165) is 77.0 Å². The smallest absolute Gasteiger partial charge is 0.306 e. The van der Waals surface area contributed by atoms with E-state index in [4.69, 9.17) is 14.2 Å². The zero-order valence-corrected chi connectivity index (χ0v) is 44.4. The molecule has 0 spiro atoms. The van der Waals surface area contributed by atoms with Crippen LogP contribution in [0.15, 0.2) is 60.8 Å². The summed E-state index contributed by atoms with van der Waals surface area (Å²) in [6, 6.07) is 0. The molecule has 0 bridgehead atoms. The molecule has 0 N–H and O–H groups in total. The number of carbonyl (C=O) groups excluding carboxylic acids is 3. The van der Waals surface area contributed by atoms with E-state index in [1.165, 1.54) is 167 Å². The van der Waals surface area contributed by atoms with E-state index in [-0.39, 0.29) is 37.5 Å². The fraction of sp³-hybridized carbons (Fsp3) is 0.787. The van der Waals surface area contributed by atoms with Crippen LogP contribution in [0, 0.1) is 0 Å². The van der Waals surface area contributed by atoms with Crippen molar-refractivity contribution in [2.24, 2.45) is 0 Å². The molecule has 1 atom stereocenters. The van der Waals surface area contributed by atoms with Crippen molar-refractivity contribution in [1.29, 1.82) is 0 Å². The Morgan fingerprint density at radius 1 is 0.313 bits per heavy atom. The van der Waals surface area contributed by atoms with Gasteiger partial charge >= 0.3 is 17.9 Å². The summed E-state index contributed by atoms with van der Waals surface area (Å²) in [6.45, 7) is 6.50. The minimum atomic E-state index is -0.800. The van der Waals surface area contributed by atoms with Crippen LogP contribution in [0.2, 0.25) is 0 Å². The number of carbonyl (C=O) groups is 3. The van der Waals surface area contributed by atoms with Gasteiger partial charge in [0.2, 0.25) is 0 Å². The summed E-state index contributed by atoms with van der Waals surface area (Å²) < 4.78 is 16.8. The second-order valence-electron chi connectivity index (χ2n) is 19.2. The third-order valence-electron chi connectivity index (χ3n) is 12.5. The molecule has 0 aliphatic carbocycles. The van der Waals surface area contributed by atoms with Gasteiger partial charge in [0.1, 0.15) is 13.2 Å². The highest BCUT2D eigenvalue weighted by Crippen LogP contribution is 2.17. The minimum Gasteiger partial charge on any atom is -0.462 e. The molecule has 0 aliphatic heterocycles. The van der Waals surface area contributed by atoms with Crippen molar-refractivity contribution in [3.8, 4) is 0 Å². The number of rotatable bonds is 52. The topological polar surface area (TPSA) is 78.9 Å². The highest BCUT2D eigenvalue weighted by Gasteiger charge is 2.19. The van der Waals surface area contributed by atoms with Crippen LogP contribution in [0.1, 0.15) is 290 Å². The first kappa shape index (κ1) is 64.1. The molecule has 0 radical (unpaired) electrons. The van der Waals surface area contributed by atoms with E-state index in [0.29, 0.717) is 19.3 Å². The summed E-state index contributed by atoms with van der Waals surface area (Å²) in [4.78, 5) is 38.0. The molecule has 0 rings (SSSR count). The molecule has 0 amide bonds. The Morgan fingerprint density at radius 2 is 0.582 bits per heavy atom. The van der Waals surface area contributed by atoms with Gasteiger partial charge in [-0.3, -0.25) is 14.4 Å². The van der Waals surface area contributed by atoms with Crippen molar-refractivity contribution in [1.82, 2.24) is 0 Å². The summed E-state index contributed by atoms with van der Waals surface area (Å²) in [5.41, 5.74) is 0. The fourth-order valence-corrected chi connectivity index (χ4v) is 8.24. The summed E-state index contributed by atoms with van der Waals surface area (Å²) in [7, 11) is 0. The Balaban J connectivity index is 4.31. The summed E-state index contributed by atoms with van der Waals surface area (Å²) in [5, 5.41) is 0. The molecule has 6 nitrogen and oxygen atoms in total. The van der Waals surface area contributed by atoms with Gasteiger partial charge in [-0.15, -0.1) is 0 Å². The molecule has 6 heteroatoms. The first-order valence-corrected chi connectivity index (χ1v) is 28.8. The number of unbranched alkanes of at least 4 members (excludes halogenated alkanes) is 31. The van der Waals surface area contributed by atoms with Crippen LogP contribution in [-0.4, -0.2) is 37.2 Å². The van der Waals surface area contributed by atoms with E-state index in [9.17, 15) is 14.4 Å². The normalized spacial score (nSPS) is 12.5. The zero-order chi connectivity index (χ0) is 48.6. The molecule has 388 valence electrons. The second-order valence-corrected chi connectivity index (χ2v) is 19.2. The lowest BCUT2D eigenvalue weighted by atomic mass is 10.0. The maximum atomic E-state index is 12.8. The van der Waals surface area contributed by atoms with Crippen molar-refractivity contribution in [2.45, 2.75) is 297 Å². The third kappa shape index (κ3) is 53.9. The molecule has 0 aromatic heterocycles. The van der Waals surface area contributed by atoms with Gasteiger partial charge in [0.05, 0.1) is 0 Å². The quantitative estimate of drug-likeness (QED) is 0.0262. The Hall–Kier alpha value is -2.89. The van der Waals surface area contributed by atoms with Crippen LogP contribution in [0.4, 0.5) is 0 Å². The first-order chi connectivity index (χ1) is 33.0. The molecule has 0 aliphatic rings. The molecule has 0 heterocycles. The van der Waals surface area contributed by atoms with Gasteiger partial charge in [-0.2, -0.15) is 0 Å². The van der Waals surface area contributed by atoms with Crippen LogP contribution < -0.4 is 0 Å². The van der Waals surface area contributed by atoms with Gasteiger partial charge in [-0.05, 0) is 57.8 Å². The largest absolute Gasteiger partial charge is 0.462 e. The van der Waals surface area contributed by atoms with Gasteiger partial charge in [-0.1, -0.05) is 274 Å². The predicted molar refractivity (Wildman–Crippen MR) is 288 cm³/mol. The number of hydrogen-bond donors (Lipinski definition) is 0. The van der Waals surface area contributed by atoms with Crippen molar-refractivity contribution >= 4 is 17.9 Å². The lowest BCUT2D eigenvalue weighted by molar-refractivity contribution is -0.167. The Kier molecular flexibility index (Phi) is 53.3. The number of ether oxygens (including phenoxy) is 3. The van der Waals surface area contributed by atoms with Crippen LogP contribution in [0.3, 0.4) is 0 Å². The number of hydrogen-bond acceptors (Lipinski definition) is 6. The highest BCUT2D eigenvalue weighted by molar-refractivity contribution is 5.71. The van der Waals surface area contributed by atoms with Crippen molar-refractivity contribution < 1.29 is 28.6 Å². The van der Waals surface area contributed by atoms with E-state index in [2.05, 4.69) is 81.5 Å². The fourth-order valence-electron chi connectivity index (χ4n) is 8.24. The average Bonchev–Trinajstić information content (AvgIpc) is 3.33. The Labute approximate surface area is 415 Å². The molecule has 1 unspecified atom stereocenters. The lowest BCUT2D eigenvalue weighted by Crippen LogP contribution is -2.30. The molecular formula is C61H108O6. The van der Waals surface area contributed by atoms with Crippen LogP contribution in [0.25, 0.3) is 0 Å². The second kappa shape index (κ2) is 55.7. The SMILES string of the molecule is CC/C=C\C/C=C\C/C=C\C/C=C\C/C=C\CCCC(=O)OC(COC(=O)CCCCCCCCCCCC)COC(=O)CCCCCCCCCCCCCCCCCCCCCCCC. The zero-order valence-electron chi connectivity index (χ0n) is 44.4. The summed E-state index contributed by atoms with van der Waals surface area (Å²) in [5.74, 6) is -0.942. The molecule has 0 saturated heterocycles. The average molecular weight is 938 g/mol. The lowest BCUT2D eigenvalue weighted by Gasteiger charge is -2.18. The number of esters is 3. The molecule has 0 saturated carbocycles. The molecule has 67 heavy (non-hydrogen) atoms. The maximum Gasteiger partial charge on any atom is 0.306 e. The molecular weight excluding hydrogens is 829 g/mol. The van der Waals surface area contributed by atoms with Gasteiger partial charge in [0, 0.05) is 19.3 Å². The van der Waals surface area contributed by atoms with E-state index >= 15 is 0 Å². The Morgan fingerprint density at radius 3 is 0.896 bits per heavy atom. The van der Waals surface area contributed by atoms with Crippen molar-refractivity contribution in [3.05, 3.63) is 60.8 Å². The van der Waals surface area contributed by atoms with E-state index < -0.39 is 6.10 Å². The van der Waals surface area contributed by atoms with Crippen LogP contribution in [-0.2, 0) is 28.6 Å². The van der Waals surface area contributed by atoms with E-state index in [1.54, 1.807) is 0 Å².